The Labute approximate surface area is 156 Å². The summed E-state index contributed by atoms with van der Waals surface area (Å²) < 4.78 is 14.1. The van der Waals surface area contributed by atoms with Gasteiger partial charge in [0.1, 0.15) is 11.4 Å². The molecule has 0 bridgehead atoms. The van der Waals surface area contributed by atoms with E-state index in [2.05, 4.69) is 20.8 Å². The third-order valence-corrected chi connectivity index (χ3v) is 4.58. The maximum atomic E-state index is 14.1. The first-order valence-corrected chi connectivity index (χ1v) is 8.48. The van der Waals surface area contributed by atoms with Crippen LogP contribution in [-0.4, -0.2) is 24.4 Å². The Morgan fingerprint density at radius 2 is 1.85 bits per heavy atom. The molecular weight excluding hydrogens is 347 g/mol. The minimum atomic E-state index is -0.798. The summed E-state index contributed by atoms with van der Waals surface area (Å²) in [5.41, 5.74) is 1.53. The fourth-order valence-corrected chi connectivity index (χ4v) is 2.83. The van der Waals surface area contributed by atoms with Crippen LogP contribution in [0.5, 0.6) is 0 Å². The average molecular weight is 366 g/mol. The fourth-order valence-electron chi connectivity index (χ4n) is 2.83. The van der Waals surface area contributed by atoms with Crippen molar-refractivity contribution in [3.63, 3.8) is 0 Å². The summed E-state index contributed by atoms with van der Waals surface area (Å²) in [7, 11) is 1.43. The summed E-state index contributed by atoms with van der Waals surface area (Å²) in [6, 6.07) is 9.28. The van der Waals surface area contributed by atoms with Crippen molar-refractivity contribution in [1.29, 1.82) is 0 Å². The molecule has 3 N–H and O–H groups in total. The van der Waals surface area contributed by atoms with Gasteiger partial charge in [-0.05, 0) is 55.7 Å². The van der Waals surface area contributed by atoms with Crippen molar-refractivity contribution in [3.8, 4) is 0 Å². The first-order valence-electron chi connectivity index (χ1n) is 8.48. The SMILES string of the molecule is [C-]#[N+]c1ccc(NC(=O)C2(Nc3ccc(C(=O)NC)c(F)c3)CC2)cc1C. The van der Waals surface area contributed by atoms with Crippen LogP contribution in [0.25, 0.3) is 4.85 Å². The van der Waals surface area contributed by atoms with E-state index >= 15 is 0 Å². The molecule has 1 fully saturated rings. The molecule has 2 aromatic carbocycles. The highest BCUT2D eigenvalue weighted by Gasteiger charge is 2.50. The van der Waals surface area contributed by atoms with Gasteiger partial charge in [-0.3, -0.25) is 9.59 Å². The number of rotatable bonds is 5. The van der Waals surface area contributed by atoms with Crippen LogP contribution in [0.15, 0.2) is 36.4 Å². The van der Waals surface area contributed by atoms with Crippen LogP contribution in [0.2, 0.25) is 0 Å². The number of carbonyl (C=O) groups excluding carboxylic acids is 2. The third kappa shape index (κ3) is 3.75. The minimum Gasteiger partial charge on any atom is -0.371 e. The van der Waals surface area contributed by atoms with Gasteiger partial charge in [0, 0.05) is 18.4 Å². The van der Waals surface area contributed by atoms with Gasteiger partial charge in [-0.1, -0.05) is 6.07 Å². The number of hydrogen-bond donors (Lipinski definition) is 3. The Bertz CT molecular complexity index is 961. The number of nitrogens with one attached hydrogen (secondary N) is 3. The molecule has 7 heteroatoms. The molecule has 1 aliphatic carbocycles. The molecule has 27 heavy (non-hydrogen) atoms. The van der Waals surface area contributed by atoms with E-state index < -0.39 is 17.3 Å². The van der Waals surface area contributed by atoms with Crippen molar-refractivity contribution < 1.29 is 14.0 Å². The molecule has 1 aliphatic rings. The average Bonchev–Trinajstić information content (AvgIpc) is 3.42. The molecule has 1 saturated carbocycles. The largest absolute Gasteiger partial charge is 0.371 e. The Kier molecular flexibility index (Phi) is 4.82. The predicted molar refractivity (Wildman–Crippen MR) is 101 cm³/mol. The van der Waals surface area contributed by atoms with E-state index in [1.807, 2.05) is 6.92 Å². The molecule has 0 atom stereocenters. The highest BCUT2D eigenvalue weighted by molar-refractivity contribution is 6.02. The van der Waals surface area contributed by atoms with E-state index in [4.69, 9.17) is 6.57 Å². The summed E-state index contributed by atoms with van der Waals surface area (Å²) in [5.74, 6) is -1.37. The maximum absolute atomic E-state index is 14.1. The molecular formula is C20H19FN4O2. The summed E-state index contributed by atoms with van der Waals surface area (Å²) in [6.45, 7) is 8.88. The Morgan fingerprint density at radius 3 is 2.41 bits per heavy atom. The zero-order valence-electron chi connectivity index (χ0n) is 15.0. The van der Waals surface area contributed by atoms with Crippen molar-refractivity contribution in [3.05, 3.63) is 64.8 Å². The summed E-state index contributed by atoms with van der Waals surface area (Å²) in [5, 5.41) is 8.31. The Balaban J connectivity index is 1.73. The monoisotopic (exact) mass is 366 g/mol. The van der Waals surface area contributed by atoms with Gasteiger partial charge in [0.2, 0.25) is 5.91 Å². The van der Waals surface area contributed by atoms with E-state index in [9.17, 15) is 14.0 Å². The van der Waals surface area contributed by atoms with Gasteiger partial charge < -0.3 is 16.0 Å². The highest BCUT2D eigenvalue weighted by Crippen LogP contribution is 2.40. The van der Waals surface area contributed by atoms with Crippen LogP contribution < -0.4 is 16.0 Å². The Hall–Kier alpha value is -3.40. The first kappa shape index (κ1) is 18.4. The summed E-state index contributed by atoms with van der Waals surface area (Å²) in [6.07, 6.45) is 1.24. The number of anilines is 2. The maximum Gasteiger partial charge on any atom is 0.253 e. The molecule has 0 saturated heterocycles. The van der Waals surface area contributed by atoms with E-state index in [0.717, 1.165) is 5.56 Å². The van der Waals surface area contributed by atoms with Gasteiger partial charge in [-0.25, -0.2) is 9.24 Å². The molecule has 0 spiro atoms. The van der Waals surface area contributed by atoms with Crippen molar-refractivity contribution in [2.24, 2.45) is 0 Å². The lowest BCUT2D eigenvalue weighted by molar-refractivity contribution is -0.117. The molecule has 0 heterocycles. The van der Waals surface area contributed by atoms with E-state index in [1.54, 1.807) is 24.3 Å². The van der Waals surface area contributed by atoms with Gasteiger partial charge in [0.05, 0.1) is 12.1 Å². The fraction of sp³-hybridized carbons (Fsp3) is 0.250. The lowest BCUT2D eigenvalue weighted by Crippen LogP contribution is -2.37. The lowest BCUT2D eigenvalue weighted by atomic mass is 10.1. The first-order chi connectivity index (χ1) is 12.9. The zero-order chi connectivity index (χ0) is 19.6. The van der Waals surface area contributed by atoms with Crippen molar-refractivity contribution in [2.75, 3.05) is 17.7 Å². The zero-order valence-corrected chi connectivity index (χ0v) is 15.0. The standard InChI is InChI=1S/C20H19FN4O2/c1-12-10-13(5-7-17(12)22-2)24-19(27)20(8-9-20)25-14-4-6-15(16(21)11-14)18(26)23-3/h4-7,10-11,25H,8-9H2,1,3H3,(H,23,26)(H,24,27). The third-order valence-electron chi connectivity index (χ3n) is 4.58. The molecule has 2 aromatic rings. The van der Waals surface area contributed by atoms with E-state index in [0.29, 0.717) is 29.9 Å². The molecule has 0 radical (unpaired) electrons. The number of benzene rings is 2. The van der Waals surface area contributed by atoms with Gasteiger partial charge in [0.25, 0.3) is 5.91 Å². The van der Waals surface area contributed by atoms with Crippen molar-refractivity contribution in [2.45, 2.75) is 25.3 Å². The van der Waals surface area contributed by atoms with Crippen LogP contribution in [-0.2, 0) is 4.79 Å². The van der Waals surface area contributed by atoms with Crippen LogP contribution in [0, 0.1) is 19.3 Å². The molecule has 2 amide bonds. The van der Waals surface area contributed by atoms with Crippen molar-refractivity contribution in [1.82, 2.24) is 5.32 Å². The number of hydrogen-bond acceptors (Lipinski definition) is 3. The molecule has 0 aromatic heterocycles. The molecule has 6 nitrogen and oxygen atoms in total. The second kappa shape index (κ2) is 7.08. The normalized spacial score (nSPS) is 14.0. The van der Waals surface area contributed by atoms with Gasteiger partial charge in [-0.15, -0.1) is 0 Å². The Morgan fingerprint density at radius 1 is 1.15 bits per heavy atom. The topological polar surface area (TPSA) is 74.6 Å². The predicted octanol–water partition coefficient (Wildman–Crippen LogP) is 3.63. The van der Waals surface area contributed by atoms with Crippen LogP contribution in [0.4, 0.5) is 21.5 Å². The van der Waals surface area contributed by atoms with E-state index in [1.165, 1.54) is 19.2 Å². The van der Waals surface area contributed by atoms with Crippen molar-refractivity contribution >= 4 is 28.9 Å². The molecule has 0 unspecified atom stereocenters. The second-order valence-corrected chi connectivity index (χ2v) is 6.55. The van der Waals surface area contributed by atoms with Gasteiger partial charge in [-0.2, -0.15) is 0 Å². The minimum absolute atomic E-state index is 0.0484. The highest BCUT2D eigenvalue weighted by atomic mass is 19.1. The number of amides is 2. The number of carbonyl (C=O) groups is 2. The molecule has 138 valence electrons. The summed E-state index contributed by atoms with van der Waals surface area (Å²) >= 11 is 0. The number of aryl methyl sites for hydroxylation is 1. The summed E-state index contributed by atoms with van der Waals surface area (Å²) in [4.78, 5) is 27.7. The smallest absolute Gasteiger partial charge is 0.253 e. The number of halogens is 1. The quantitative estimate of drug-likeness (QED) is 0.708. The number of nitrogens with zero attached hydrogens (tertiary/aromatic N) is 1. The van der Waals surface area contributed by atoms with Gasteiger partial charge >= 0.3 is 0 Å². The van der Waals surface area contributed by atoms with Crippen LogP contribution in [0.1, 0.15) is 28.8 Å². The second-order valence-electron chi connectivity index (χ2n) is 6.55. The molecule has 0 aliphatic heterocycles. The van der Waals surface area contributed by atoms with E-state index in [-0.39, 0.29) is 11.5 Å². The van der Waals surface area contributed by atoms with Crippen LogP contribution >= 0.6 is 0 Å². The van der Waals surface area contributed by atoms with Gasteiger partial charge in [0.15, 0.2) is 5.69 Å². The lowest BCUT2D eigenvalue weighted by Gasteiger charge is -2.19. The molecule has 3 rings (SSSR count). The van der Waals surface area contributed by atoms with Crippen LogP contribution in [0.3, 0.4) is 0 Å².